The molecule has 2 aromatic rings. The maximum atomic E-state index is 12.1. The Balaban J connectivity index is 1.90. The van der Waals surface area contributed by atoms with Crippen LogP contribution in [0, 0.1) is 0 Å². The number of sulfonamides is 1. The molecule has 22 heavy (non-hydrogen) atoms. The molecule has 0 spiro atoms. The summed E-state index contributed by atoms with van der Waals surface area (Å²) < 4.78 is 32.1. The van der Waals surface area contributed by atoms with Crippen molar-refractivity contribution in [1.29, 1.82) is 0 Å². The maximum Gasteiger partial charge on any atom is 0.240 e. The summed E-state index contributed by atoms with van der Waals surface area (Å²) in [5.74, 6) is 0.634. The molecule has 0 aliphatic rings. The lowest BCUT2D eigenvalue weighted by Gasteiger charge is -2.11. The van der Waals surface area contributed by atoms with Crippen LogP contribution in [0.25, 0.3) is 0 Å². The molecule has 0 bridgehead atoms. The summed E-state index contributed by atoms with van der Waals surface area (Å²) in [4.78, 5) is 0.181. The van der Waals surface area contributed by atoms with Gasteiger partial charge in [0.15, 0.2) is 0 Å². The summed E-state index contributed by atoms with van der Waals surface area (Å²) in [5, 5.41) is 13.7. The molecular weight excluding hydrogens is 322 g/mol. The van der Waals surface area contributed by atoms with Crippen molar-refractivity contribution in [3.05, 3.63) is 46.7 Å². The van der Waals surface area contributed by atoms with E-state index in [2.05, 4.69) is 4.72 Å². The predicted molar refractivity (Wildman–Crippen MR) is 86.7 cm³/mol. The van der Waals surface area contributed by atoms with E-state index in [0.717, 1.165) is 5.56 Å². The molecule has 0 saturated heterocycles. The normalized spacial score (nSPS) is 13.0. The SMILES string of the molecule is CCOc1ccc(S(=O)(=O)NCC[C@H](O)c2ccsc2)cc1. The second-order valence-corrected chi connectivity index (χ2v) is 7.21. The molecule has 0 radical (unpaired) electrons. The highest BCUT2D eigenvalue weighted by molar-refractivity contribution is 7.89. The van der Waals surface area contributed by atoms with Gasteiger partial charge in [-0.2, -0.15) is 11.3 Å². The standard InChI is InChI=1S/C15H19NO4S2/c1-2-20-13-3-5-14(6-4-13)22(18,19)16-9-7-15(17)12-8-10-21-11-12/h3-6,8,10-11,15-17H,2,7,9H2,1H3/t15-/m0/s1. The number of hydrogen-bond donors (Lipinski definition) is 2. The Bertz CT molecular complexity index is 666. The Morgan fingerprint density at radius 1 is 1.27 bits per heavy atom. The van der Waals surface area contributed by atoms with Crippen LogP contribution in [0.15, 0.2) is 46.0 Å². The smallest absolute Gasteiger partial charge is 0.240 e. The minimum absolute atomic E-state index is 0.173. The second-order valence-electron chi connectivity index (χ2n) is 4.66. The summed E-state index contributed by atoms with van der Waals surface area (Å²) in [6.07, 6.45) is -0.332. The Labute approximate surface area is 134 Å². The second kappa shape index (κ2) is 7.73. The van der Waals surface area contributed by atoms with Crippen molar-refractivity contribution in [3.8, 4) is 5.75 Å². The third-order valence-corrected chi connectivity index (χ3v) is 5.26. The van der Waals surface area contributed by atoms with Crippen LogP contribution < -0.4 is 9.46 Å². The fourth-order valence-corrected chi connectivity index (χ4v) is 3.68. The van der Waals surface area contributed by atoms with E-state index in [1.807, 2.05) is 23.8 Å². The highest BCUT2D eigenvalue weighted by Gasteiger charge is 2.15. The molecule has 1 aromatic heterocycles. The first-order valence-electron chi connectivity index (χ1n) is 6.95. The van der Waals surface area contributed by atoms with Gasteiger partial charge >= 0.3 is 0 Å². The van der Waals surface area contributed by atoms with Crippen LogP contribution in [0.5, 0.6) is 5.75 Å². The molecule has 0 fully saturated rings. The molecule has 2 rings (SSSR count). The highest BCUT2D eigenvalue weighted by Crippen LogP contribution is 2.19. The first-order valence-corrected chi connectivity index (χ1v) is 9.38. The molecule has 120 valence electrons. The minimum Gasteiger partial charge on any atom is -0.494 e. The molecule has 1 atom stereocenters. The number of aliphatic hydroxyl groups is 1. The van der Waals surface area contributed by atoms with Gasteiger partial charge in [-0.3, -0.25) is 0 Å². The summed E-state index contributed by atoms with van der Waals surface area (Å²) in [7, 11) is -3.57. The van der Waals surface area contributed by atoms with Crippen LogP contribution in [0.4, 0.5) is 0 Å². The Kier molecular flexibility index (Phi) is 5.96. The fraction of sp³-hybridized carbons (Fsp3) is 0.333. The first kappa shape index (κ1) is 17.0. The summed E-state index contributed by atoms with van der Waals surface area (Å²) in [6.45, 7) is 2.57. The van der Waals surface area contributed by atoms with Crippen LogP contribution in [0.2, 0.25) is 0 Å². The molecule has 0 saturated carbocycles. The number of benzene rings is 1. The maximum absolute atomic E-state index is 12.1. The Hall–Kier alpha value is -1.41. The van der Waals surface area contributed by atoms with Crippen LogP contribution >= 0.6 is 11.3 Å². The molecule has 0 amide bonds. The van der Waals surface area contributed by atoms with Crippen LogP contribution in [0.3, 0.4) is 0 Å². The van der Waals surface area contributed by atoms with Crippen LogP contribution in [-0.2, 0) is 10.0 Å². The molecule has 0 aliphatic carbocycles. The average molecular weight is 341 g/mol. The van der Waals surface area contributed by atoms with E-state index >= 15 is 0 Å². The van der Waals surface area contributed by atoms with E-state index in [1.165, 1.54) is 23.5 Å². The molecule has 0 aliphatic heterocycles. The van der Waals surface area contributed by atoms with Gasteiger partial charge in [-0.25, -0.2) is 13.1 Å². The van der Waals surface area contributed by atoms with E-state index in [1.54, 1.807) is 12.1 Å². The van der Waals surface area contributed by atoms with Crippen molar-refractivity contribution in [3.63, 3.8) is 0 Å². The lowest BCUT2D eigenvalue weighted by molar-refractivity contribution is 0.169. The number of thiophene rings is 1. The first-order chi connectivity index (χ1) is 10.5. The largest absolute Gasteiger partial charge is 0.494 e. The lowest BCUT2D eigenvalue weighted by atomic mass is 10.1. The zero-order valence-electron chi connectivity index (χ0n) is 12.2. The monoisotopic (exact) mass is 341 g/mol. The van der Waals surface area contributed by atoms with Crippen LogP contribution in [0.1, 0.15) is 25.0 Å². The van der Waals surface area contributed by atoms with Crippen LogP contribution in [-0.4, -0.2) is 26.7 Å². The number of hydrogen-bond acceptors (Lipinski definition) is 5. The van der Waals surface area contributed by atoms with Gasteiger partial charge in [0, 0.05) is 6.54 Å². The van der Waals surface area contributed by atoms with Gasteiger partial charge in [0.05, 0.1) is 17.6 Å². The Morgan fingerprint density at radius 3 is 2.59 bits per heavy atom. The van der Waals surface area contributed by atoms with Crippen molar-refractivity contribution in [2.75, 3.05) is 13.2 Å². The highest BCUT2D eigenvalue weighted by atomic mass is 32.2. The zero-order chi connectivity index (χ0) is 16.0. The van der Waals surface area contributed by atoms with Crippen molar-refractivity contribution < 1.29 is 18.3 Å². The van der Waals surface area contributed by atoms with Crippen molar-refractivity contribution in [2.45, 2.75) is 24.3 Å². The van der Waals surface area contributed by atoms with Gasteiger partial charge in [-0.15, -0.1) is 0 Å². The van der Waals surface area contributed by atoms with E-state index in [4.69, 9.17) is 4.74 Å². The van der Waals surface area contributed by atoms with Crippen molar-refractivity contribution >= 4 is 21.4 Å². The lowest BCUT2D eigenvalue weighted by Crippen LogP contribution is -2.25. The summed E-state index contributed by atoms with van der Waals surface area (Å²) >= 11 is 1.50. The Morgan fingerprint density at radius 2 is 2.00 bits per heavy atom. The van der Waals surface area contributed by atoms with Crippen molar-refractivity contribution in [1.82, 2.24) is 4.72 Å². The molecule has 5 nitrogen and oxygen atoms in total. The molecule has 7 heteroatoms. The third-order valence-electron chi connectivity index (χ3n) is 3.08. The zero-order valence-corrected chi connectivity index (χ0v) is 13.9. The number of nitrogens with one attached hydrogen (secondary N) is 1. The quantitative estimate of drug-likeness (QED) is 0.774. The molecule has 2 N–H and O–H groups in total. The molecule has 1 aromatic carbocycles. The summed E-state index contributed by atoms with van der Waals surface area (Å²) in [5.41, 5.74) is 0.810. The van der Waals surface area contributed by atoms with E-state index in [9.17, 15) is 13.5 Å². The van der Waals surface area contributed by atoms with E-state index in [0.29, 0.717) is 18.8 Å². The van der Waals surface area contributed by atoms with Gasteiger partial charge < -0.3 is 9.84 Å². The van der Waals surface area contributed by atoms with E-state index < -0.39 is 16.1 Å². The fourth-order valence-electron chi connectivity index (χ4n) is 1.93. The van der Waals surface area contributed by atoms with Crippen molar-refractivity contribution in [2.24, 2.45) is 0 Å². The van der Waals surface area contributed by atoms with Gasteiger partial charge in [-0.1, -0.05) is 0 Å². The third kappa shape index (κ3) is 4.54. The molecular formula is C15H19NO4S2. The number of rotatable bonds is 8. The topological polar surface area (TPSA) is 75.6 Å². The van der Waals surface area contributed by atoms with Gasteiger partial charge in [0.2, 0.25) is 10.0 Å². The summed E-state index contributed by atoms with van der Waals surface area (Å²) in [6, 6.07) is 8.08. The number of ether oxygens (including phenoxy) is 1. The van der Waals surface area contributed by atoms with Gasteiger partial charge in [0.1, 0.15) is 5.75 Å². The number of aliphatic hydroxyl groups excluding tert-OH is 1. The van der Waals surface area contributed by atoms with Gasteiger partial charge in [0.25, 0.3) is 0 Å². The minimum atomic E-state index is -3.57. The predicted octanol–water partition coefficient (Wildman–Crippen LogP) is 2.55. The van der Waals surface area contributed by atoms with E-state index in [-0.39, 0.29) is 11.4 Å². The average Bonchev–Trinajstić information content (AvgIpc) is 3.02. The van der Waals surface area contributed by atoms with Gasteiger partial charge in [-0.05, 0) is 60.0 Å². The molecule has 1 heterocycles. The molecule has 0 unspecified atom stereocenters.